The monoisotopic (exact) mass is 576 g/mol. The molecule has 9 heteroatoms. The number of phenolic OH excluding ortho intramolecular Hbond substituents is 6. The van der Waals surface area contributed by atoms with Gasteiger partial charge in [0, 0.05) is 34.7 Å². The minimum Gasteiger partial charge on any atom is -0.504 e. The molecule has 0 heterocycles. The lowest BCUT2D eigenvalue weighted by atomic mass is 9.87. The van der Waals surface area contributed by atoms with Gasteiger partial charge >= 0.3 is 0 Å². The topological polar surface area (TPSA) is 163 Å². The molecule has 0 atom stereocenters. The second-order valence-corrected chi connectivity index (χ2v) is 9.97. The van der Waals surface area contributed by atoms with E-state index in [4.69, 9.17) is 0 Å². The third kappa shape index (κ3) is 6.57. The number of allylic oxidation sites excluding steroid dienone is 2. The van der Waals surface area contributed by atoms with Gasteiger partial charge in [-0.1, -0.05) is 24.3 Å². The molecule has 0 saturated heterocycles. The van der Waals surface area contributed by atoms with Gasteiger partial charge in [0.2, 0.25) is 11.5 Å². The Morgan fingerprint density at radius 1 is 0.558 bits per heavy atom. The van der Waals surface area contributed by atoms with Crippen molar-refractivity contribution in [2.75, 3.05) is 0 Å². The van der Waals surface area contributed by atoms with Crippen molar-refractivity contribution in [2.45, 2.75) is 19.3 Å². The summed E-state index contributed by atoms with van der Waals surface area (Å²) in [7, 11) is 0. The van der Waals surface area contributed by atoms with Crippen molar-refractivity contribution in [3.63, 3.8) is 0 Å². The molecular formula is C34H28N2O7. The first kappa shape index (κ1) is 28.7. The van der Waals surface area contributed by atoms with E-state index in [0.29, 0.717) is 35.4 Å². The van der Waals surface area contributed by atoms with E-state index in [1.54, 1.807) is 24.3 Å². The highest BCUT2D eigenvalue weighted by molar-refractivity contribution is 6.14. The number of ketones is 1. The van der Waals surface area contributed by atoms with E-state index >= 15 is 0 Å². The molecule has 4 aromatic carbocycles. The van der Waals surface area contributed by atoms with Crippen molar-refractivity contribution in [1.82, 2.24) is 0 Å². The van der Waals surface area contributed by atoms with Gasteiger partial charge in [-0.3, -0.25) is 14.8 Å². The molecule has 0 spiro atoms. The maximum absolute atomic E-state index is 13.4. The molecule has 0 aliphatic heterocycles. The van der Waals surface area contributed by atoms with Crippen LogP contribution in [-0.2, 0) is 4.79 Å². The largest absolute Gasteiger partial charge is 0.504 e. The molecule has 0 unspecified atom stereocenters. The van der Waals surface area contributed by atoms with E-state index in [0.717, 1.165) is 17.5 Å². The molecule has 0 amide bonds. The van der Waals surface area contributed by atoms with E-state index in [-0.39, 0.29) is 16.9 Å². The number of rotatable bonds is 6. The van der Waals surface area contributed by atoms with Gasteiger partial charge in [0.1, 0.15) is 0 Å². The first-order valence-electron chi connectivity index (χ1n) is 13.4. The number of Topliss-reactive ketones (excluding diaryl/α,β-unsaturated/α-hetero) is 1. The number of hydrogen-bond acceptors (Lipinski definition) is 9. The third-order valence-corrected chi connectivity index (χ3v) is 6.93. The van der Waals surface area contributed by atoms with E-state index in [1.807, 2.05) is 36.4 Å². The zero-order chi connectivity index (χ0) is 30.5. The van der Waals surface area contributed by atoms with E-state index in [2.05, 4.69) is 9.98 Å². The first-order chi connectivity index (χ1) is 20.7. The van der Waals surface area contributed by atoms with Crippen LogP contribution in [0.5, 0.6) is 34.5 Å². The van der Waals surface area contributed by atoms with Gasteiger partial charge in [0.25, 0.3) is 0 Å². The average molecular weight is 577 g/mol. The second-order valence-electron chi connectivity index (χ2n) is 9.97. The first-order valence-corrected chi connectivity index (χ1v) is 13.4. The Bertz CT molecular complexity index is 1710. The van der Waals surface area contributed by atoms with E-state index in [9.17, 15) is 35.4 Å². The molecule has 4 aromatic rings. The highest BCUT2D eigenvalue weighted by Gasteiger charge is 2.20. The van der Waals surface area contributed by atoms with Crippen LogP contribution < -0.4 is 0 Å². The zero-order valence-electron chi connectivity index (χ0n) is 22.8. The number of benzene rings is 4. The van der Waals surface area contributed by atoms with Crippen LogP contribution >= 0.6 is 0 Å². The molecule has 1 saturated carbocycles. The summed E-state index contributed by atoms with van der Waals surface area (Å²) < 4.78 is 0. The summed E-state index contributed by atoms with van der Waals surface area (Å²) in [6.45, 7) is 0. The summed E-state index contributed by atoms with van der Waals surface area (Å²) >= 11 is 0. The van der Waals surface area contributed by atoms with Crippen molar-refractivity contribution < 1.29 is 35.4 Å². The molecule has 0 aromatic heterocycles. The highest BCUT2D eigenvalue weighted by atomic mass is 16.3. The molecule has 43 heavy (non-hydrogen) atoms. The molecule has 5 rings (SSSR count). The molecule has 1 fully saturated rings. The summed E-state index contributed by atoms with van der Waals surface area (Å²) in [5.74, 6) is -3.06. The number of aromatic hydroxyl groups is 6. The summed E-state index contributed by atoms with van der Waals surface area (Å²) in [6, 6.07) is 19.9. The molecule has 1 aliphatic carbocycles. The van der Waals surface area contributed by atoms with Crippen LogP contribution in [-0.4, -0.2) is 48.9 Å². The summed E-state index contributed by atoms with van der Waals surface area (Å²) in [4.78, 5) is 22.1. The molecule has 9 nitrogen and oxygen atoms in total. The number of carbonyl (C=O) groups is 1. The van der Waals surface area contributed by atoms with Crippen LogP contribution in [0.15, 0.2) is 93.9 Å². The third-order valence-electron chi connectivity index (χ3n) is 6.93. The van der Waals surface area contributed by atoms with Gasteiger partial charge in [-0.2, -0.15) is 0 Å². The molecule has 6 N–H and O–H groups in total. The normalized spacial score (nSPS) is 15.7. The molecular weight excluding hydrogens is 548 g/mol. The van der Waals surface area contributed by atoms with Crippen molar-refractivity contribution in [3.05, 3.63) is 106 Å². The van der Waals surface area contributed by atoms with Crippen molar-refractivity contribution in [3.8, 4) is 34.5 Å². The Balaban J connectivity index is 1.33. The Kier molecular flexibility index (Phi) is 8.25. The fourth-order valence-corrected chi connectivity index (χ4v) is 4.64. The maximum atomic E-state index is 13.4. The zero-order valence-corrected chi connectivity index (χ0v) is 22.8. The van der Waals surface area contributed by atoms with Gasteiger partial charge in [-0.15, -0.1) is 0 Å². The van der Waals surface area contributed by atoms with Crippen LogP contribution in [0.4, 0.5) is 11.4 Å². The van der Waals surface area contributed by atoms with Crippen LogP contribution in [0.3, 0.4) is 0 Å². The second kappa shape index (κ2) is 12.4. The lowest BCUT2D eigenvalue weighted by Gasteiger charge is -2.16. The Morgan fingerprint density at radius 2 is 1.00 bits per heavy atom. The Morgan fingerprint density at radius 3 is 1.44 bits per heavy atom. The fourth-order valence-electron chi connectivity index (χ4n) is 4.64. The maximum Gasteiger partial charge on any atom is 0.200 e. The lowest BCUT2D eigenvalue weighted by molar-refractivity contribution is -0.112. The van der Waals surface area contributed by atoms with Crippen molar-refractivity contribution >= 4 is 41.7 Å². The Labute approximate surface area is 247 Å². The summed E-state index contributed by atoms with van der Waals surface area (Å²) in [6.07, 6.45) is 8.53. The van der Waals surface area contributed by atoms with Crippen LogP contribution in [0.1, 0.15) is 41.5 Å². The number of aliphatic imine (C=N–C) groups is 2. The smallest absolute Gasteiger partial charge is 0.200 e. The van der Waals surface area contributed by atoms with Gasteiger partial charge in [-0.05, 0) is 91.1 Å². The van der Waals surface area contributed by atoms with Crippen molar-refractivity contribution in [2.24, 2.45) is 9.98 Å². The average Bonchev–Trinajstić information content (AvgIpc) is 3.00. The Hall–Kier alpha value is -5.83. The van der Waals surface area contributed by atoms with Crippen LogP contribution in [0.25, 0.3) is 12.2 Å². The molecule has 1 aliphatic rings. The highest BCUT2D eigenvalue weighted by Crippen LogP contribution is 2.37. The molecule has 0 radical (unpaired) electrons. The van der Waals surface area contributed by atoms with E-state index < -0.39 is 34.5 Å². The predicted octanol–water partition coefficient (Wildman–Crippen LogP) is 6.64. The minimum atomic E-state index is -0.614. The van der Waals surface area contributed by atoms with Gasteiger partial charge in [0.05, 0.1) is 11.4 Å². The number of phenols is 6. The summed E-state index contributed by atoms with van der Waals surface area (Å²) in [5, 5.41) is 58.5. The summed E-state index contributed by atoms with van der Waals surface area (Å²) in [5.41, 5.74) is 4.57. The molecule has 216 valence electrons. The SMILES string of the molecule is O=C1/C(=C/c2cccc(N=Cc3ccc(O)c(O)c3O)c2)CCC/C1=C\c1cccc(N=Cc2ccc(O)c(O)c2O)c1. The number of hydrogen-bond donors (Lipinski definition) is 6. The van der Waals surface area contributed by atoms with Crippen molar-refractivity contribution in [1.29, 1.82) is 0 Å². The van der Waals surface area contributed by atoms with Crippen LogP contribution in [0.2, 0.25) is 0 Å². The standard InChI is InChI=1S/C34H28N2O7/c37-28-12-10-24(31(40)33(28)42)18-35-26-8-1-4-20(16-26)14-22-6-3-7-23(30(22)39)15-21-5-2-9-27(17-21)36-19-25-11-13-29(38)34(43)32(25)41/h1-2,4-5,8-19,37-38,40-43H,3,6-7H2/b22-14+,23-15+,35-18?,36-19?. The molecule has 0 bridgehead atoms. The van der Waals surface area contributed by atoms with E-state index in [1.165, 1.54) is 36.7 Å². The van der Waals surface area contributed by atoms with Crippen LogP contribution in [0, 0.1) is 0 Å². The lowest BCUT2D eigenvalue weighted by Crippen LogP contribution is -2.12. The predicted molar refractivity (Wildman–Crippen MR) is 165 cm³/mol. The quantitative estimate of drug-likeness (QED) is 0.0851. The van der Waals surface area contributed by atoms with Gasteiger partial charge < -0.3 is 30.6 Å². The van der Waals surface area contributed by atoms with Gasteiger partial charge in [-0.25, -0.2) is 0 Å². The van der Waals surface area contributed by atoms with Gasteiger partial charge in [0.15, 0.2) is 28.8 Å². The minimum absolute atomic E-state index is 0.0389. The number of nitrogens with zero attached hydrogens (tertiary/aromatic N) is 2. The number of carbonyl (C=O) groups excluding carboxylic acids is 1. The fraction of sp³-hybridized carbons (Fsp3) is 0.0882.